The molecule has 0 radical (unpaired) electrons. The predicted molar refractivity (Wildman–Crippen MR) is 267 cm³/mol. The number of aryl methyl sites for hydroxylation is 4. The summed E-state index contributed by atoms with van der Waals surface area (Å²) >= 11 is 0. The summed E-state index contributed by atoms with van der Waals surface area (Å²) in [6.45, 7) is 14.0. The van der Waals surface area contributed by atoms with Crippen LogP contribution in [-0.2, 0) is 40.8 Å². The number of amides is 3. The van der Waals surface area contributed by atoms with E-state index < -0.39 is 0 Å². The van der Waals surface area contributed by atoms with E-state index in [0.717, 1.165) is 67.2 Å². The summed E-state index contributed by atoms with van der Waals surface area (Å²) in [6, 6.07) is 26.5. The topological polar surface area (TPSA) is 153 Å². The molecule has 0 fully saturated rings. The molecule has 5 aromatic heterocycles. The molecular formula is C54H44N10O4. The second-order valence-electron chi connectivity index (χ2n) is 16.6. The summed E-state index contributed by atoms with van der Waals surface area (Å²) in [5.74, 6) is -0.934. The van der Waals surface area contributed by atoms with Crippen LogP contribution in [0.25, 0.3) is 60.6 Å². The third-order valence-corrected chi connectivity index (χ3v) is 12.5. The maximum atomic E-state index is 14.2. The number of carbonyl (C=O) groups is 3. The molecule has 10 rings (SSSR count). The third kappa shape index (κ3) is 7.72. The molecular weight excluding hydrogens is 853 g/mol. The van der Waals surface area contributed by atoms with Gasteiger partial charge in [-0.1, -0.05) is 44.0 Å². The summed E-state index contributed by atoms with van der Waals surface area (Å²) in [5, 5.41) is 14.3. The highest BCUT2D eigenvalue weighted by molar-refractivity contribution is 6.14. The maximum absolute atomic E-state index is 14.2. The van der Waals surface area contributed by atoms with Crippen molar-refractivity contribution in [2.45, 2.75) is 26.3 Å². The first-order chi connectivity index (χ1) is 33.0. The molecule has 3 amide bonds. The van der Waals surface area contributed by atoms with Gasteiger partial charge < -0.3 is 10.2 Å². The Morgan fingerprint density at radius 3 is 2.26 bits per heavy atom. The van der Waals surface area contributed by atoms with Gasteiger partial charge in [-0.05, 0) is 120 Å². The van der Waals surface area contributed by atoms with Crippen LogP contribution in [0, 0.1) is 6.92 Å². The standard InChI is InChI=1S/C54H44N10O4/c1-6-49(65)59-47-25-41(14-9-33(47)4)63(51(67)8-3)54-38(28-56-46-16-11-35(23-44(46)54)39-29-57-60(5)31-39)19-21-61-32-40(30-58-61)36-12-17-45-43(24-36)53-37(27-55-45)13-18-52(68)64(53)42-15-10-34-20-22-62(48(34)26-42)50(66)7-2/h6-18,23-32H,1-3,19-22H2,4-5H3,(H,59,65). The van der Waals surface area contributed by atoms with E-state index in [1.54, 1.807) is 56.0 Å². The first kappa shape index (κ1) is 42.9. The van der Waals surface area contributed by atoms with Gasteiger partial charge in [-0.2, -0.15) is 10.2 Å². The number of fused-ring (bicyclic) bond motifs is 5. The van der Waals surface area contributed by atoms with E-state index >= 15 is 0 Å². The number of hydrogen-bond donors (Lipinski definition) is 1. The zero-order valence-electron chi connectivity index (χ0n) is 37.4. The van der Waals surface area contributed by atoms with E-state index in [1.165, 1.54) is 24.3 Å². The minimum Gasteiger partial charge on any atom is -0.322 e. The maximum Gasteiger partial charge on any atom is 0.255 e. The fourth-order valence-corrected chi connectivity index (χ4v) is 9.01. The van der Waals surface area contributed by atoms with Gasteiger partial charge in [0.25, 0.3) is 11.5 Å². The van der Waals surface area contributed by atoms with Gasteiger partial charge in [0.15, 0.2) is 0 Å². The van der Waals surface area contributed by atoms with Gasteiger partial charge in [0.2, 0.25) is 11.8 Å². The van der Waals surface area contributed by atoms with Crippen molar-refractivity contribution in [1.29, 1.82) is 0 Å². The zero-order valence-corrected chi connectivity index (χ0v) is 37.4. The van der Waals surface area contributed by atoms with E-state index in [4.69, 9.17) is 15.1 Å². The first-order valence-corrected chi connectivity index (χ1v) is 22.0. The molecule has 0 spiro atoms. The fourth-order valence-electron chi connectivity index (χ4n) is 9.01. The molecule has 14 heteroatoms. The molecule has 14 nitrogen and oxygen atoms in total. The van der Waals surface area contributed by atoms with Crippen molar-refractivity contribution in [2.75, 3.05) is 21.7 Å². The second kappa shape index (κ2) is 17.4. The van der Waals surface area contributed by atoms with Crippen molar-refractivity contribution in [3.05, 3.63) is 187 Å². The number of rotatable bonds is 12. The predicted octanol–water partition coefficient (Wildman–Crippen LogP) is 8.95. The molecule has 9 aromatic rings. The van der Waals surface area contributed by atoms with Gasteiger partial charge in [-0.25, -0.2) is 0 Å². The Bertz CT molecular complexity index is 3660. The van der Waals surface area contributed by atoms with Crippen molar-refractivity contribution in [2.24, 2.45) is 7.05 Å². The molecule has 1 N–H and O–H groups in total. The molecule has 0 bridgehead atoms. The Labute approximate surface area is 390 Å². The van der Waals surface area contributed by atoms with Gasteiger partial charge in [0.1, 0.15) is 0 Å². The summed E-state index contributed by atoms with van der Waals surface area (Å²) < 4.78 is 5.28. The van der Waals surface area contributed by atoms with Gasteiger partial charge in [-0.15, -0.1) is 0 Å². The third-order valence-electron chi connectivity index (χ3n) is 12.5. The average Bonchev–Trinajstić information content (AvgIpc) is 4.14. The van der Waals surface area contributed by atoms with Crippen LogP contribution >= 0.6 is 0 Å². The molecule has 0 saturated carbocycles. The fraction of sp³-hybridized carbons (Fsp3) is 0.111. The summed E-state index contributed by atoms with van der Waals surface area (Å²) in [5.41, 5.74) is 11.1. The molecule has 334 valence electrons. The van der Waals surface area contributed by atoms with Gasteiger partial charge >= 0.3 is 0 Å². The molecule has 0 unspecified atom stereocenters. The van der Waals surface area contributed by atoms with E-state index in [-0.39, 0.29) is 23.3 Å². The largest absolute Gasteiger partial charge is 0.322 e. The highest BCUT2D eigenvalue weighted by Gasteiger charge is 2.26. The summed E-state index contributed by atoms with van der Waals surface area (Å²) in [4.78, 5) is 66.1. The molecule has 68 heavy (non-hydrogen) atoms. The van der Waals surface area contributed by atoms with Crippen molar-refractivity contribution in [3.63, 3.8) is 0 Å². The quantitative estimate of drug-likeness (QED) is 0.0943. The van der Waals surface area contributed by atoms with E-state index in [2.05, 4.69) is 30.2 Å². The van der Waals surface area contributed by atoms with Crippen molar-refractivity contribution >= 4 is 73.2 Å². The highest BCUT2D eigenvalue weighted by atomic mass is 16.2. The van der Waals surface area contributed by atoms with Crippen LogP contribution in [-0.4, -0.2) is 58.4 Å². The van der Waals surface area contributed by atoms with Crippen LogP contribution in [0.4, 0.5) is 22.7 Å². The molecule has 0 atom stereocenters. The minimum atomic E-state index is -0.374. The first-order valence-electron chi connectivity index (χ1n) is 22.0. The Morgan fingerprint density at radius 2 is 1.51 bits per heavy atom. The number of nitrogens with one attached hydrogen (secondary N) is 1. The molecule has 1 aliphatic rings. The lowest BCUT2D eigenvalue weighted by Crippen LogP contribution is -2.27. The van der Waals surface area contributed by atoms with Gasteiger partial charge in [-0.3, -0.25) is 48.0 Å². The van der Waals surface area contributed by atoms with Crippen LogP contribution in [0.5, 0.6) is 0 Å². The Balaban J connectivity index is 1.04. The molecule has 0 saturated heterocycles. The van der Waals surface area contributed by atoms with Crippen LogP contribution in [0.2, 0.25) is 0 Å². The molecule has 4 aromatic carbocycles. The average molecular weight is 897 g/mol. The monoisotopic (exact) mass is 896 g/mol. The number of nitrogens with zero attached hydrogens (tertiary/aromatic N) is 9. The lowest BCUT2D eigenvalue weighted by molar-refractivity contribution is -0.114. The van der Waals surface area contributed by atoms with Crippen LogP contribution in [0.15, 0.2) is 165 Å². The zero-order chi connectivity index (χ0) is 47.2. The van der Waals surface area contributed by atoms with Gasteiger partial charge in [0, 0.05) is 89.7 Å². The van der Waals surface area contributed by atoms with Gasteiger partial charge in [0.05, 0.1) is 46.0 Å². The molecule has 1 aliphatic heterocycles. The summed E-state index contributed by atoms with van der Waals surface area (Å²) in [7, 11) is 1.86. The van der Waals surface area contributed by atoms with E-state index in [0.29, 0.717) is 58.8 Å². The number of pyridine rings is 3. The van der Waals surface area contributed by atoms with Crippen LogP contribution in [0.1, 0.15) is 16.7 Å². The normalized spacial score (nSPS) is 12.1. The molecule has 0 aliphatic carbocycles. The SMILES string of the molecule is C=CC(=O)Nc1cc(N(C(=O)C=C)c2c(CCn3cc(-c4ccc5ncc6ccc(=O)n(-c7ccc8c(c7)N(C(=O)C=C)CC8)c6c5c4)cn3)cnc3ccc(-c4cnn(C)c4)cc23)ccc1C. The number of aromatic nitrogens is 7. The van der Waals surface area contributed by atoms with E-state index in [1.807, 2.05) is 97.8 Å². The molecule has 6 heterocycles. The van der Waals surface area contributed by atoms with Crippen molar-refractivity contribution in [1.82, 2.24) is 34.1 Å². The lowest BCUT2D eigenvalue weighted by Gasteiger charge is -2.27. The summed E-state index contributed by atoms with van der Waals surface area (Å²) in [6.07, 6.45) is 16.0. The Kier molecular flexibility index (Phi) is 11.0. The van der Waals surface area contributed by atoms with Crippen molar-refractivity contribution < 1.29 is 14.4 Å². The smallest absolute Gasteiger partial charge is 0.255 e. The number of hydrogen-bond acceptors (Lipinski definition) is 8. The Hall–Kier alpha value is -9.04. The number of carbonyl (C=O) groups excluding carboxylic acids is 3. The second-order valence-corrected chi connectivity index (χ2v) is 16.6. The number of anilines is 4. The van der Waals surface area contributed by atoms with Crippen LogP contribution < -0.4 is 20.7 Å². The minimum absolute atomic E-state index is 0.186. The highest BCUT2D eigenvalue weighted by Crippen LogP contribution is 2.40. The number of benzene rings is 4. The Morgan fingerprint density at radius 1 is 0.765 bits per heavy atom. The lowest BCUT2D eigenvalue weighted by atomic mass is 10.0. The van der Waals surface area contributed by atoms with Crippen molar-refractivity contribution in [3.8, 4) is 27.9 Å². The van der Waals surface area contributed by atoms with Crippen LogP contribution in [0.3, 0.4) is 0 Å². The van der Waals surface area contributed by atoms with E-state index in [9.17, 15) is 19.2 Å².